The minimum atomic E-state index is -0.746. The molecule has 1 saturated heterocycles. The molecule has 9 nitrogen and oxygen atoms in total. The van der Waals surface area contributed by atoms with Gasteiger partial charge >= 0.3 is 5.97 Å². The lowest BCUT2D eigenvalue weighted by molar-refractivity contribution is -0.129. The second-order valence-electron chi connectivity index (χ2n) is 8.72. The first kappa shape index (κ1) is 28.6. The highest BCUT2D eigenvalue weighted by Crippen LogP contribution is 2.31. The summed E-state index contributed by atoms with van der Waals surface area (Å²) in [6.07, 6.45) is 0.462. The number of esters is 1. The van der Waals surface area contributed by atoms with Crippen LogP contribution in [0.4, 0.5) is 15.8 Å². The lowest BCUT2D eigenvalue weighted by atomic mass is 10.1. The zero-order valence-corrected chi connectivity index (χ0v) is 23.0. The minimum Gasteiger partial charge on any atom is -0.493 e. The monoisotopic (exact) mass is 565 g/mol. The molecule has 3 aromatic rings. The molecule has 0 aliphatic carbocycles. The SMILES string of the molecule is COC(=O)c1ccc(NC(=O)[C@H]2CC(=O)N(CCc3ccc(OC)c(OC)c3)C(=Nc3ccc(F)cc3)S2)cc1. The number of benzene rings is 3. The summed E-state index contributed by atoms with van der Waals surface area (Å²) in [5, 5.41) is 2.38. The molecule has 1 heterocycles. The fourth-order valence-corrected chi connectivity index (χ4v) is 5.12. The number of nitrogens with one attached hydrogen (secondary N) is 1. The molecule has 11 heteroatoms. The van der Waals surface area contributed by atoms with Crippen LogP contribution in [0.15, 0.2) is 71.7 Å². The maximum Gasteiger partial charge on any atom is 0.337 e. The highest BCUT2D eigenvalue weighted by Gasteiger charge is 2.36. The van der Waals surface area contributed by atoms with Gasteiger partial charge in [-0.2, -0.15) is 0 Å². The second kappa shape index (κ2) is 13.1. The van der Waals surface area contributed by atoms with Gasteiger partial charge in [-0.25, -0.2) is 14.2 Å². The maximum absolute atomic E-state index is 13.5. The van der Waals surface area contributed by atoms with E-state index in [0.717, 1.165) is 17.3 Å². The van der Waals surface area contributed by atoms with Gasteiger partial charge in [0.05, 0.1) is 32.6 Å². The number of methoxy groups -OCH3 is 3. The summed E-state index contributed by atoms with van der Waals surface area (Å²) in [6, 6.07) is 17.4. The van der Waals surface area contributed by atoms with Crippen LogP contribution in [-0.2, 0) is 20.7 Å². The molecule has 0 aromatic heterocycles. The molecule has 1 atom stereocenters. The first-order valence-corrected chi connectivity index (χ1v) is 13.2. The van der Waals surface area contributed by atoms with Crippen molar-refractivity contribution in [3.05, 3.63) is 83.7 Å². The largest absolute Gasteiger partial charge is 0.493 e. The fraction of sp³-hybridized carbons (Fsp3) is 0.241. The molecule has 4 rings (SSSR count). The zero-order chi connectivity index (χ0) is 28.6. The standard InChI is InChI=1S/C29H28FN3O6S/c1-37-23-13-4-18(16-24(23)38-2)14-15-33-26(34)17-25(40-29(33)32-22-11-7-20(30)8-12-22)27(35)31-21-9-5-19(6-10-21)28(36)39-3/h4-13,16,25H,14-15,17H2,1-3H3,(H,31,35)/t25-/m1/s1. The van der Waals surface area contributed by atoms with Crippen LogP contribution < -0.4 is 14.8 Å². The van der Waals surface area contributed by atoms with Gasteiger partial charge in [0.15, 0.2) is 16.7 Å². The maximum atomic E-state index is 13.5. The average Bonchev–Trinajstić information content (AvgIpc) is 2.97. The summed E-state index contributed by atoms with van der Waals surface area (Å²) >= 11 is 1.16. The molecule has 1 aliphatic heterocycles. The Labute approximate surface area is 235 Å². The quantitative estimate of drug-likeness (QED) is 0.371. The van der Waals surface area contributed by atoms with E-state index in [4.69, 9.17) is 14.2 Å². The Balaban J connectivity index is 1.53. The van der Waals surface area contributed by atoms with Gasteiger partial charge in [-0.3, -0.25) is 14.5 Å². The Bertz CT molecular complexity index is 1410. The van der Waals surface area contributed by atoms with Gasteiger partial charge in [0.25, 0.3) is 0 Å². The van der Waals surface area contributed by atoms with Gasteiger partial charge < -0.3 is 19.5 Å². The second-order valence-corrected chi connectivity index (χ2v) is 9.89. The number of hydrogen-bond acceptors (Lipinski definition) is 8. The van der Waals surface area contributed by atoms with Crippen molar-refractivity contribution in [3.63, 3.8) is 0 Å². The summed E-state index contributed by atoms with van der Waals surface area (Å²) in [4.78, 5) is 44.2. The smallest absolute Gasteiger partial charge is 0.337 e. The topological polar surface area (TPSA) is 107 Å². The third-order valence-corrected chi connectivity index (χ3v) is 7.32. The summed E-state index contributed by atoms with van der Waals surface area (Å²) in [5.41, 5.74) is 2.19. The van der Waals surface area contributed by atoms with E-state index in [0.29, 0.717) is 46.6 Å². The Kier molecular flexibility index (Phi) is 9.39. The number of amides is 2. The number of amidine groups is 1. The summed E-state index contributed by atoms with van der Waals surface area (Å²) in [6.45, 7) is 0.310. The van der Waals surface area contributed by atoms with Crippen LogP contribution in [0.3, 0.4) is 0 Å². The Morgan fingerprint density at radius 2 is 1.70 bits per heavy atom. The fourth-order valence-electron chi connectivity index (χ4n) is 3.99. The molecule has 1 N–H and O–H groups in total. The molecule has 0 spiro atoms. The van der Waals surface area contributed by atoms with E-state index in [1.165, 1.54) is 43.5 Å². The number of carbonyl (C=O) groups is 3. The predicted molar refractivity (Wildman–Crippen MR) is 151 cm³/mol. The van der Waals surface area contributed by atoms with Crippen LogP contribution in [0.25, 0.3) is 0 Å². The molecule has 0 saturated carbocycles. The lowest BCUT2D eigenvalue weighted by Crippen LogP contribution is -2.46. The summed E-state index contributed by atoms with van der Waals surface area (Å²) in [5.74, 6) is -0.353. The predicted octanol–water partition coefficient (Wildman–Crippen LogP) is 4.83. The van der Waals surface area contributed by atoms with Crippen molar-refractivity contribution in [1.82, 2.24) is 4.90 Å². The van der Waals surface area contributed by atoms with Crippen molar-refractivity contribution in [3.8, 4) is 11.5 Å². The van der Waals surface area contributed by atoms with Crippen LogP contribution in [-0.4, -0.2) is 61.0 Å². The number of ether oxygens (including phenoxy) is 3. The lowest BCUT2D eigenvalue weighted by Gasteiger charge is -2.32. The summed E-state index contributed by atoms with van der Waals surface area (Å²) in [7, 11) is 4.40. The molecule has 0 radical (unpaired) electrons. The van der Waals surface area contributed by atoms with Crippen LogP contribution in [0.5, 0.6) is 11.5 Å². The van der Waals surface area contributed by atoms with Gasteiger partial charge in [0, 0.05) is 18.7 Å². The number of anilines is 1. The van der Waals surface area contributed by atoms with Crippen molar-refractivity contribution in [2.45, 2.75) is 18.1 Å². The number of aliphatic imine (C=N–C) groups is 1. The zero-order valence-electron chi connectivity index (χ0n) is 22.2. The number of nitrogens with zero attached hydrogens (tertiary/aromatic N) is 2. The van der Waals surface area contributed by atoms with Crippen molar-refractivity contribution < 1.29 is 33.0 Å². The third-order valence-electron chi connectivity index (χ3n) is 6.13. The summed E-state index contributed by atoms with van der Waals surface area (Å²) < 4.78 is 28.8. The van der Waals surface area contributed by atoms with E-state index < -0.39 is 17.0 Å². The number of hydrogen-bond donors (Lipinski definition) is 1. The Hall–Kier alpha value is -4.38. The van der Waals surface area contributed by atoms with Crippen LogP contribution in [0, 0.1) is 5.82 Å². The molecule has 40 heavy (non-hydrogen) atoms. The molecule has 1 aliphatic rings. The Morgan fingerprint density at radius 1 is 1.00 bits per heavy atom. The van der Waals surface area contributed by atoms with Gasteiger partial charge in [0.2, 0.25) is 11.8 Å². The van der Waals surface area contributed by atoms with Crippen LogP contribution in [0.2, 0.25) is 0 Å². The van der Waals surface area contributed by atoms with E-state index in [-0.39, 0.29) is 18.2 Å². The van der Waals surface area contributed by atoms with Crippen molar-refractivity contribution in [1.29, 1.82) is 0 Å². The molecular formula is C29H28FN3O6S. The van der Waals surface area contributed by atoms with Crippen molar-refractivity contribution >= 4 is 46.1 Å². The molecule has 1 fully saturated rings. The molecule has 0 bridgehead atoms. The first-order valence-electron chi connectivity index (χ1n) is 12.3. The molecule has 2 amide bonds. The van der Waals surface area contributed by atoms with Gasteiger partial charge in [0.1, 0.15) is 11.1 Å². The number of carbonyl (C=O) groups excluding carboxylic acids is 3. The van der Waals surface area contributed by atoms with Crippen LogP contribution in [0.1, 0.15) is 22.3 Å². The van der Waals surface area contributed by atoms with Gasteiger partial charge in [-0.15, -0.1) is 0 Å². The minimum absolute atomic E-state index is 0.0366. The average molecular weight is 566 g/mol. The molecule has 208 valence electrons. The van der Waals surface area contributed by atoms with E-state index in [1.54, 1.807) is 37.3 Å². The normalized spacial score (nSPS) is 16.0. The van der Waals surface area contributed by atoms with Crippen molar-refractivity contribution in [2.24, 2.45) is 4.99 Å². The number of thioether (sulfide) groups is 1. The third kappa shape index (κ3) is 6.97. The van der Waals surface area contributed by atoms with E-state index in [1.807, 2.05) is 12.1 Å². The highest BCUT2D eigenvalue weighted by molar-refractivity contribution is 8.15. The Morgan fingerprint density at radius 3 is 2.35 bits per heavy atom. The van der Waals surface area contributed by atoms with Crippen LogP contribution >= 0.6 is 11.8 Å². The molecule has 0 unspecified atom stereocenters. The molecular weight excluding hydrogens is 537 g/mol. The van der Waals surface area contributed by atoms with Crippen molar-refractivity contribution in [2.75, 3.05) is 33.2 Å². The molecule has 3 aromatic carbocycles. The van der Waals surface area contributed by atoms with E-state index in [2.05, 4.69) is 10.3 Å². The van der Waals surface area contributed by atoms with E-state index >= 15 is 0 Å². The number of halogens is 1. The van der Waals surface area contributed by atoms with Gasteiger partial charge in [-0.05, 0) is 72.6 Å². The highest BCUT2D eigenvalue weighted by atomic mass is 32.2. The number of rotatable bonds is 9. The van der Waals surface area contributed by atoms with E-state index in [9.17, 15) is 18.8 Å². The first-order chi connectivity index (χ1) is 19.3. The van der Waals surface area contributed by atoms with Gasteiger partial charge in [-0.1, -0.05) is 17.8 Å².